The molecule has 2 aromatic rings. The van der Waals surface area contributed by atoms with Gasteiger partial charge in [0.1, 0.15) is 5.65 Å². The number of halogens is 1. The van der Waals surface area contributed by atoms with E-state index < -0.39 is 0 Å². The van der Waals surface area contributed by atoms with Crippen LogP contribution in [-0.2, 0) is 6.54 Å². The van der Waals surface area contributed by atoms with Crippen molar-refractivity contribution in [2.24, 2.45) is 11.7 Å². The van der Waals surface area contributed by atoms with Gasteiger partial charge in [0.15, 0.2) is 0 Å². The second-order valence-electron chi connectivity index (χ2n) is 6.00. The molecular weight excluding hydrogens is 300 g/mol. The number of nitrogens with zero attached hydrogens (tertiary/aromatic N) is 3. The lowest BCUT2D eigenvalue weighted by atomic mass is 9.92. The van der Waals surface area contributed by atoms with Gasteiger partial charge in [-0.1, -0.05) is 13.0 Å². The van der Waals surface area contributed by atoms with Gasteiger partial charge < -0.3 is 5.73 Å². The van der Waals surface area contributed by atoms with Crippen LogP contribution in [0.4, 0.5) is 0 Å². The van der Waals surface area contributed by atoms with Crippen LogP contribution in [0.1, 0.15) is 25.5 Å². The van der Waals surface area contributed by atoms with E-state index in [4.69, 9.17) is 5.73 Å². The van der Waals surface area contributed by atoms with Crippen molar-refractivity contribution < 1.29 is 0 Å². The summed E-state index contributed by atoms with van der Waals surface area (Å²) >= 11 is 0. The summed E-state index contributed by atoms with van der Waals surface area (Å²) in [6.07, 6.45) is 4.06. The van der Waals surface area contributed by atoms with E-state index in [2.05, 4.69) is 16.8 Å². The maximum Gasteiger partial charge on any atom is 0.258 e. The van der Waals surface area contributed by atoms with Gasteiger partial charge in [0.2, 0.25) is 0 Å². The van der Waals surface area contributed by atoms with Gasteiger partial charge >= 0.3 is 0 Å². The van der Waals surface area contributed by atoms with Crippen molar-refractivity contribution in [2.45, 2.75) is 32.4 Å². The molecule has 0 amide bonds. The molecule has 0 spiro atoms. The monoisotopic (exact) mass is 322 g/mol. The number of rotatable bonds is 3. The predicted octanol–water partition coefficient (Wildman–Crippen LogP) is 1.68. The Bertz CT molecular complexity index is 687. The SMILES string of the molecule is CC1CCN(Cc2cc(=O)n3ccccc3n2)C(CN)C1.Cl. The molecule has 22 heavy (non-hydrogen) atoms. The van der Waals surface area contributed by atoms with Gasteiger partial charge in [0, 0.05) is 31.4 Å². The molecule has 0 aromatic carbocycles. The third-order valence-corrected chi connectivity index (χ3v) is 4.36. The summed E-state index contributed by atoms with van der Waals surface area (Å²) in [5, 5.41) is 0. The Labute approximate surface area is 136 Å². The molecule has 6 heteroatoms. The van der Waals surface area contributed by atoms with Crippen LogP contribution in [0.2, 0.25) is 0 Å². The highest BCUT2D eigenvalue weighted by Gasteiger charge is 2.25. The van der Waals surface area contributed by atoms with Gasteiger partial charge in [-0.05, 0) is 37.4 Å². The summed E-state index contributed by atoms with van der Waals surface area (Å²) in [4.78, 5) is 19.1. The molecule has 1 aliphatic rings. The van der Waals surface area contributed by atoms with E-state index in [0.29, 0.717) is 24.8 Å². The first-order chi connectivity index (χ1) is 10.2. The summed E-state index contributed by atoms with van der Waals surface area (Å²) in [6.45, 7) is 4.67. The molecule has 2 N–H and O–H groups in total. The molecule has 1 aliphatic heterocycles. The van der Waals surface area contributed by atoms with Crippen LogP contribution < -0.4 is 11.3 Å². The van der Waals surface area contributed by atoms with Crippen LogP contribution in [0, 0.1) is 5.92 Å². The van der Waals surface area contributed by atoms with Crippen LogP contribution in [0.15, 0.2) is 35.3 Å². The average molecular weight is 323 g/mol. The highest BCUT2D eigenvalue weighted by molar-refractivity contribution is 5.85. The molecule has 120 valence electrons. The standard InChI is InChI=1S/C16H22N4O.ClH/c1-12-5-7-19(14(8-12)10-17)11-13-9-16(21)20-6-3-2-4-15(20)18-13;/h2-4,6,9,12,14H,5,7-8,10-11,17H2,1H3;1H. The van der Waals surface area contributed by atoms with Gasteiger partial charge in [-0.15, -0.1) is 12.4 Å². The van der Waals surface area contributed by atoms with Gasteiger partial charge in [0.25, 0.3) is 5.56 Å². The lowest BCUT2D eigenvalue weighted by Gasteiger charge is -2.37. The minimum absolute atomic E-state index is 0. The third-order valence-electron chi connectivity index (χ3n) is 4.36. The Morgan fingerprint density at radius 1 is 1.41 bits per heavy atom. The summed E-state index contributed by atoms with van der Waals surface area (Å²) in [7, 11) is 0. The normalized spacial score (nSPS) is 22.5. The fraction of sp³-hybridized carbons (Fsp3) is 0.500. The zero-order valence-electron chi connectivity index (χ0n) is 12.8. The molecule has 0 radical (unpaired) electrons. The second kappa shape index (κ2) is 7.22. The molecule has 1 saturated heterocycles. The van der Waals surface area contributed by atoms with Crippen molar-refractivity contribution >= 4 is 18.1 Å². The molecule has 2 unspecified atom stereocenters. The highest BCUT2D eigenvalue weighted by atomic mass is 35.5. The first-order valence-electron chi connectivity index (χ1n) is 7.59. The topological polar surface area (TPSA) is 63.6 Å². The molecule has 5 nitrogen and oxygen atoms in total. The fourth-order valence-electron chi connectivity index (χ4n) is 3.15. The van der Waals surface area contributed by atoms with Crippen LogP contribution in [0.5, 0.6) is 0 Å². The quantitative estimate of drug-likeness (QED) is 0.933. The fourth-order valence-corrected chi connectivity index (χ4v) is 3.15. The minimum atomic E-state index is -0.0229. The number of pyridine rings is 1. The molecule has 0 aliphatic carbocycles. The van der Waals surface area contributed by atoms with E-state index in [1.807, 2.05) is 18.2 Å². The van der Waals surface area contributed by atoms with Crippen LogP contribution in [0.3, 0.4) is 0 Å². The summed E-state index contributed by atoms with van der Waals surface area (Å²) in [5.41, 5.74) is 7.42. The van der Waals surface area contributed by atoms with Crippen molar-refractivity contribution in [3.05, 3.63) is 46.5 Å². The first-order valence-corrected chi connectivity index (χ1v) is 7.59. The third kappa shape index (κ3) is 3.48. The lowest BCUT2D eigenvalue weighted by molar-refractivity contribution is 0.114. The maximum absolute atomic E-state index is 12.1. The molecule has 3 rings (SSSR count). The number of fused-ring (bicyclic) bond motifs is 1. The Morgan fingerprint density at radius 3 is 3.00 bits per heavy atom. The van der Waals surface area contributed by atoms with E-state index >= 15 is 0 Å². The van der Waals surface area contributed by atoms with Crippen molar-refractivity contribution in [1.82, 2.24) is 14.3 Å². The van der Waals surface area contributed by atoms with Crippen LogP contribution in [-0.4, -0.2) is 33.4 Å². The summed E-state index contributed by atoms with van der Waals surface area (Å²) < 4.78 is 1.57. The van der Waals surface area contributed by atoms with Crippen LogP contribution in [0.25, 0.3) is 5.65 Å². The Balaban J connectivity index is 0.00000176. The molecule has 1 fully saturated rings. The van der Waals surface area contributed by atoms with E-state index in [0.717, 1.165) is 24.6 Å². The van der Waals surface area contributed by atoms with Gasteiger partial charge in [-0.25, -0.2) is 4.98 Å². The molecule has 2 aromatic heterocycles. The van der Waals surface area contributed by atoms with E-state index in [-0.39, 0.29) is 18.0 Å². The molecule has 3 heterocycles. The number of hydrogen-bond acceptors (Lipinski definition) is 4. The highest BCUT2D eigenvalue weighted by Crippen LogP contribution is 2.23. The smallest absolute Gasteiger partial charge is 0.258 e. The van der Waals surface area contributed by atoms with Crippen molar-refractivity contribution in [2.75, 3.05) is 13.1 Å². The van der Waals surface area contributed by atoms with Crippen molar-refractivity contribution in [3.63, 3.8) is 0 Å². The number of nitrogens with two attached hydrogens (primary N) is 1. The number of hydrogen-bond donors (Lipinski definition) is 1. The van der Waals surface area contributed by atoms with E-state index in [9.17, 15) is 4.79 Å². The number of likely N-dealkylation sites (tertiary alicyclic amines) is 1. The van der Waals surface area contributed by atoms with Crippen molar-refractivity contribution in [3.8, 4) is 0 Å². The van der Waals surface area contributed by atoms with Gasteiger partial charge in [-0.2, -0.15) is 0 Å². The molecule has 0 bridgehead atoms. The zero-order chi connectivity index (χ0) is 14.8. The largest absolute Gasteiger partial charge is 0.329 e. The van der Waals surface area contributed by atoms with Crippen molar-refractivity contribution in [1.29, 1.82) is 0 Å². The second-order valence-corrected chi connectivity index (χ2v) is 6.00. The van der Waals surface area contributed by atoms with Gasteiger partial charge in [-0.3, -0.25) is 14.1 Å². The first kappa shape index (κ1) is 16.9. The Hall–Kier alpha value is -1.43. The van der Waals surface area contributed by atoms with E-state index in [1.165, 1.54) is 6.42 Å². The summed E-state index contributed by atoms with van der Waals surface area (Å²) in [6, 6.07) is 7.63. The summed E-state index contributed by atoms with van der Waals surface area (Å²) in [5.74, 6) is 0.727. The average Bonchev–Trinajstić information content (AvgIpc) is 2.49. The van der Waals surface area contributed by atoms with E-state index in [1.54, 1.807) is 16.7 Å². The maximum atomic E-state index is 12.1. The Kier molecular flexibility index (Phi) is 5.56. The zero-order valence-corrected chi connectivity index (χ0v) is 13.6. The molecule has 0 saturated carbocycles. The van der Waals surface area contributed by atoms with Gasteiger partial charge in [0.05, 0.1) is 5.69 Å². The number of aromatic nitrogens is 2. The Morgan fingerprint density at radius 2 is 2.23 bits per heavy atom. The molecule has 2 atom stereocenters. The van der Waals surface area contributed by atoms with Crippen LogP contribution >= 0.6 is 12.4 Å². The molecular formula is C16H23ClN4O. The lowest BCUT2D eigenvalue weighted by Crippen LogP contribution is -2.45. The number of piperidine rings is 1. The predicted molar refractivity (Wildman–Crippen MR) is 90.4 cm³/mol. The minimum Gasteiger partial charge on any atom is -0.329 e.